The molecule has 0 aliphatic heterocycles. The maximum atomic E-state index is 2.46. The van der Waals surface area contributed by atoms with Gasteiger partial charge >= 0.3 is 0 Å². The molecule has 1 aliphatic rings. The first-order valence-electron chi connectivity index (χ1n) is 5.27. The lowest BCUT2D eigenvalue weighted by Gasteiger charge is -2.27. The Bertz CT molecular complexity index is 382. The summed E-state index contributed by atoms with van der Waals surface area (Å²) >= 11 is 0. The smallest absolute Gasteiger partial charge is 0.0569 e. The van der Waals surface area contributed by atoms with Gasteiger partial charge in [-0.3, -0.25) is 0 Å². The quantitative estimate of drug-likeness (QED) is 0.602. The predicted octanol–water partition coefficient (Wildman–Crippen LogP) is 4.06. The van der Waals surface area contributed by atoms with Crippen LogP contribution in [0.1, 0.15) is 23.6 Å². The Morgan fingerprint density at radius 2 is 1.71 bits per heavy atom. The Morgan fingerprint density at radius 1 is 1.07 bits per heavy atom. The first-order chi connectivity index (χ1) is 6.50. The van der Waals surface area contributed by atoms with Crippen molar-refractivity contribution in [2.45, 2.75) is 32.1 Å². The van der Waals surface area contributed by atoms with Gasteiger partial charge < -0.3 is 0 Å². The lowest BCUT2D eigenvalue weighted by molar-refractivity contribution is 1.07. The summed E-state index contributed by atoms with van der Waals surface area (Å²) in [6.07, 6.45) is 2.36. The molecule has 0 nitrogen and oxygen atoms in total. The normalized spacial score (nSPS) is 20.6. The van der Waals surface area contributed by atoms with E-state index in [0.717, 1.165) is 5.54 Å². The molecule has 14 heavy (non-hydrogen) atoms. The molecule has 0 amide bonds. The van der Waals surface area contributed by atoms with Crippen molar-refractivity contribution in [3.8, 4) is 0 Å². The number of fused-ring (bicyclic) bond motifs is 1. The SMILES string of the molecule is CC1=Cc2ccccc2C1[Si](C)(C)C. The molecule has 0 saturated heterocycles. The molecule has 0 fully saturated rings. The standard InChI is InChI=1S/C13H18Si/c1-10-9-11-7-5-6-8-12(11)13(10)14(2,3)4/h5-9,13H,1-4H3. The molecule has 1 aliphatic carbocycles. The Hall–Kier alpha value is -0.823. The van der Waals surface area contributed by atoms with E-state index in [2.05, 4.69) is 56.9 Å². The second-order valence-electron chi connectivity index (χ2n) is 5.32. The highest BCUT2D eigenvalue weighted by Crippen LogP contribution is 2.41. The summed E-state index contributed by atoms with van der Waals surface area (Å²) in [6, 6.07) is 8.83. The van der Waals surface area contributed by atoms with Crippen LogP contribution in [-0.2, 0) is 0 Å². The molecule has 1 atom stereocenters. The molecular formula is C13H18Si. The molecule has 0 saturated carbocycles. The van der Waals surface area contributed by atoms with Crippen LogP contribution in [0.2, 0.25) is 19.6 Å². The monoisotopic (exact) mass is 202 g/mol. The molecule has 0 spiro atoms. The summed E-state index contributed by atoms with van der Waals surface area (Å²) in [5, 5.41) is 0. The number of rotatable bonds is 1. The van der Waals surface area contributed by atoms with Gasteiger partial charge in [-0.05, 0) is 18.1 Å². The van der Waals surface area contributed by atoms with Crippen LogP contribution < -0.4 is 0 Å². The minimum absolute atomic E-state index is 0.735. The van der Waals surface area contributed by atoms with Gasteiger partial charge in [0.05, 0.1) is 8.07 Å². The second-order valence-corrected chi connectivity index (χ2v) is 10.6. The molecule has 0 radical (unpaired) electrons. The van der Waals surface area contributed by atoms with Crippen LogP contribution in [0.15, 0.2) is 29.8 Å². The average Bonchev–Trinajstić information content (AvgIpc) is 2.38. The lowest BCUT2D eigenvalue weighted by atomic mass is 10.1. The number of hydrogen-bond acceptors (Lipinski definition) is 0. The van der Waals surface area contributed by atoms with Crippen LogP contribution in [-0.4, -0.2) is 8.07 Å². The van der Waals surface area contributed by atoms with Crippen molar-refractivity contribution in [3.05, 3.63) is 41.0 Å². The van der Waals surface area contributed by atoms with Crippen LogP contribution in [0.3, 0.4) is 0 Å². The lowest BCUT2D eigenvalue weighted by Crippen LogP contribution is -2.30. The fourth-order valence-electron chi connectivity index (χ4n) is 2.63. The Kier molecular flexibility index (Phi) is 2.15. The molecule has 0 bridgehead atoms. The fourth-order valence-corrected chi connectivity index (χ4v) is 5.27. The largest absolute Gasteiger partial charge is 0.0688 e. The van der Waals surface area contributed by atoms with Crippen molar-refractivity contribution in [2.24, 2.45) is 0 Å². The van der Waals surface area contributed by atoms with E-state index in [-0.39, 0.29) is 0 Å². The third kappa shape index (κ3) is 1.46. The van der Waals surface area contributed by atoms with Gasteiger partial charge in [0.15, 0.2) is 0 Å². The van der Waals surface area contributed by atoms with Gasteiger partial charge in [0.25, 0.3) is 0 Å². The van der Waals surface area contributed by atoms with Crippen LogP contribution >= 0.6 is 0 Å². The molecule has 1 aromatic rings. The number of benzene rings is 1. The molecule has 1 aromatic carbocycles. The Morgan fingerprint density at radius 3 is 2.36 bits per heavy atom. The van der Waals surface area contributed by atoms with E-state index < -0.39 is 8.07 Å². The minimum Gasteiger partial charge on any atom is -0.0688 e. The van der Waals surface area contributed by atoms with Crippen LogP contribution in [0, 0.1) is 0 Å². The highest BCUT2D eigenvalue weighted by Gasteiger charge is 2.33. The Balaban J connectivity index is 2.52. The van der Waals surface area contributed by atoms with E-state index in [1.165, 1.54) is 5.56 Å². The maximum Gasteiger partial charge on any atom is 0.0569 e. The molecule has 74 valence electrons. The van der Waals surface area contributed by atoms with Crippen molar-refractivity contribution in [3.63, 3.8) is 0 Å². The fraction of sp³-hybridized carbons (Fsp3) is 0.385. The van der Waals surface area contributed by atoms with Crippen molar-refractivity contribution >= 4 is 14.1 Å². The minimum atomic E-state index is -1.11. The highest BCUT2D eigenvalue weighted by atomic mass is 28.3. The van der Waals surface area contributed by atoms with Crippen LogP contribution in [0.25, 0.3) is 6.08 Å². The maximum absolute atomic E-state index is 2.46. The van der Waals surface area contributed by atoms with E-state index in [4.69, 9.17) is 0 Å². The van der Waals surface area contributed by atoms with Crippen molar-refractivity contribution in [1.82, 2.24) is 0 Å². The summed E-state index contributed by atoms with van der Waals surface area (Å²) in [7, 11) is -1.11. The summed E-state index contributed by atoms with van der Waals surface area (Å²) in [5.41, 5.74) is 5.30. The zero-order chi connectivity index (χ0) is 10.3. The molecule has 1 unspecified atom stereocenters. The van der Waals surface area contributed by atoms with Gasteiger partial charge in [0.1, 0.15) is 0 Å². The van der Waals surface area contributed by atoms with Gasteiger partial charge in [0, 0.05) is 5.54 Å². The summed E-state index contributed by atoms with van der Waals surface area (Å²) in [4.78, 5) is 0. The summed E-state index contributed by atoms with van der Waals surface area (Å²) in [5.74, 6) is 0. The first kappa shape index (κ1) is 9.72. The van der Waals surface area contributed by atoms with Gasteiger partial charge in [-0.1, -0.05) is 55.6 Å². The topological polar surface area (TPSA) is 0 Å². The predicted molar refractivity (Wildman–Crippen MR) is 66.2 cm³/mol. The molecule has 2 rings (SSSR count). The van der Waals surface area contributed by atoms with E-state index in [1.807, 2.05) is 0 Å². The van der Waals surface area contributed by atoms with Crippen molar-refractivity contribution in [2.75, 3.05) is 0 Å². The van der Waals surface area contributed by atoms with E-state index in [1.54, 1.807) is 11.1 Å². The van der Waals surface area contributed by atoms with Crippen molar-refractivity contribution in [1.29, 1.82) is 0 Å². The van der Waals surface area contributed by atoms with Gasteiger partial charge in [0.2, 0.25) is 0 Å². The van der Waals surface area contributed by atoms with Crippen LogP contribution in [0.4, 0.5) is 0 Å². The Labute approximate surface area is 87.7 Å². The van der Waals surface area contributed by atoms with Gasteiger partial charge in [-0.15, -0.1) is 0 Å². The summed E-state index contributed by atoms with van der Waals surface area (Å²) < 4.78 is 0. The number of hydrogen-bond donors (Lipinski definition) is 0. The van der Waals surface area contributed by atoms with E-state index in [0.29, 0.717) is 0 Å². The van der Waals surface area contributed by atoms with Crippen molar-refractivity contribution < 1.29 is 0 Å². The summed E-state index contributed by atoms with van der Waals surface area (Å²) in [6.45, 7) is 9.65. The second kappa shape index (κ2) is 3.09. The van der Waals surface area contributed by atoms with Gasteiger partial charge in [-0.2, -0.15) is 0 Å². The zero-order valence-electron chi connectivity index (χ0n) is 9.46. The molecule has 1 heteroatoms. The van der Waals surface area contributed by atoms with E-state index in [9.17, 15) is 0 Å². The van der Waals surface area contributed by atoms with Gasteiger partial charge in [-0.25, -0.2) is 0 Å². The highest BCUT2D eigenvalue weighted by molar-refractivity contribution is 6.78. The molecule has 0 N–H and O–H groups in total. The first-order valence-corrected chi connectivity index (χ1v) is 8.85. The van der Waals surface area contributed by atoms with Crippen LogP contribution in [0.5, 0.6) is 0 Å². The zero-order valence-corrected chi connectivity index (χ0v) is 10.5. The molecule has 0 aromatic heterocycles. The molecule has 0 heterocycles. The third-order valence-corrected chi connectivity index (χ3v) is 5.51. The number of allylic oxidation sites excluding steroid dienone is 1. The third-order valence-electron chi connectivity index (χ3n) is 3.01. The average molecular weight is 202 g/mol. The van der Waals surface area contributed by atoms with E-state index >= 15 is 0 Å². The molecular weight excluding hydrogens is 184 g/mol.